The van der Waals surface area contributed by atoms with Crippen LogP contribution in [-0.4, -0.2) is 37.7 Å². The largest absolute Gasteiger partial charge is 0.481 e. The van der Waals surface area contributed by atoms with E-state index in [1.807, 2.05) is 0 Å². The SMILES string of the molecule is CC1(/C(=N\Nc2ccc([N+](=O)[O-])cc2[N+](=O)[O-])C(=O)O)CCC(C(=O)O)C1(C)C. The Bertz CT molecular complexity index is 926. The number of hydrogen-bond acceptors (Lipinski definition) is 8. The van der Waals surface area contributed by atoms with Crippen molar-refractivity contribution in [1.29, 1.82) is 0 Å². The fraction of sp³-hybridized carbons (Fsp3) is 0.471. The van der Waals surface area contributed by atoms with Gasteiger partial charge < -0.3 is 10.2 Å². The molecule has 1 aliphatic carbocycles. The Hall–Kier alpha value is -3.57. The zero-order chi connectivity index (χ0) is 22.1. The Labute approximate surface area is 164 Å². The first kappa shape index (κ1) is 21.7. The van der Waals surface area contributed by atoms with E-state index >= 15 is 0 Å². The van der Waals surface area contributed by atoms with Crippen LogP contribution in [0.4, 0.5) is 17.1 Å². The quantitative estimate of drug-likeness (QED) is 0.346. The van der Waals surface area contributed by atoms with Crippen LogP contribution in [0, 0.1) is 37.0 Å². The Balaban J connectivity index is 2.48. The highest BCUT2D eigenvalue weighted by Gasteiger charge is 2.58. The maximum atomic E-state index is 11.9. The fourth-order valence-corrected chi connectivity index (χ4v) is 3.76. The lowest BCUT2D eigenvalue weighted by molar-refractivity contribution is -0.393. The predicted octanol–water partition coefficient (Wildman–Crippen LogP) is 2.88. The molecule has 12 heteroatoms. The van der Waals surface area contributed by atoms with E-state index in [1.54, 1.807) is 20.8 Å². The number of carboxylic acid groups (broad SMARTS) is 2. The van der Waals surface area contributed by atoms with Gasteiger partial charge in [0.15, 0.2) is 5.71 Å². The van der Waals surface area contributed by atoms with Gasteiger partial charge in [0, 0.05) is 11.5 Å². The van der Waals surface area contributed by atoms with E-state index in [9.17, 15) is 40.0 Å². The van der Waals surface area contributed by atoms with Gasteiger partial charge in [-0.25, -0.2) is 4.79 Å². The number of anilines is 1. The summed E-state index contributed by atoms with van der Waals surface area (Å²) in [6.45, 7) is 4.88. The smallest absolute Gasteiger partial charge is 0.352 e. The summed E-state index contributed by atoms with van der Waals surface area (Å²) in [6.07, 6.45) is 0.495. The second-order valence-electron chi connectivity index (χ2n) is 7.58. The van der Waals surface area contributed by atoms with Crippen molar-refractivity contribution >= 4 is 34.7 Å². The van der Waals surface area contributed by atoms with Crippen molar-refractivity contribution in [3.63, 3.8) is 0 Å². The highest BCUT2D eigenvalue weighted by Crippen LogP contribution is 2.56. The lowest BCUT2D eigenvalue weighted by atomic mass is 9.63. The molecule has 2 atom stereocenters. The van der Waals surface area contributed by atoms with E-state index in [1.165, 1.54) is 0 Å². The molecule has 0 heterocycles. The van der Waals surface area contributed by atoms with E-state index < -0.39 is 49.9 Å². The van der Waals surface area contributed by atoms with E-state index in [0.29, 0.717) is 0 Å². The van der Waals surface area contributed by atoms with E-state index in [0.717, 1.165) is 18.2 Å². The highest BCUT2D eigenvalue weighted by molar-refractivity contribution is 6.38. The molecular weight excluding hydrogens is 388 g/mol. The minimum Gasteiger partial charge on any atom is -0.481 e. The van der Waals surface area contributed by atoms with Crippen LogP contribution in [0.2, 0.25) is 0 Å². The van der Waals surface area contributed by atoms with Crippen LogP contribution in [0.5, 0.6) is 0 Å². The molecule has 12 nitrogen and oxygen atoms in total. The molecule has 0 amide bonds. The van der Waals surface area contributed by atoms with Gasteiger partial charge in [0.05, 0.1) is 21.8 Å². The third kappa shape index (κ3) is 3.73. The number of hydrogen-bond donors (Lipinski definition) is 3. The third-order valence-electron chi connectivity index (χ3n) is 5.93. The molecule has 1 aromatic rings. The maximum Gasteiger partial charge on any atom is 0.352 e. The van der Waals surface area contributed by atoms with Crippen molar-refractivity contribution in [3.05, 3.63) is 38.4 Å². The summed E-state index contributed by atoms with van der Waals surface area (Å²) in [7, 11) is 0. The highest BCUT2D eigenvalue weighted by atomic mass is 16.6. The minimum atomic E-state index is -1.40. The Morgan fingerprint density at radius 1 is 1.17 bits per heavy atom. The number of carbonyl (C=O) groups is 2. The van der Waals surface area contributed by atoms with Crippen molar-refractivity contribution in [3.8, 4) is 0 Å². The van der Waals surface area contributed by atoms with Gasteiger partial charge >= 0.3 is 17.6 Å². The molecule has 0 spiro atoms. The number of non-ortho nitro benzene ring substituents is 1. The van der Waals surface area contributed by atoms with Gasteiger partial charge in [0.25, 0.3) is 5.69 Å². The standard InChI is InChI=1S/C17H20N4O8/c1-16(2)10(14(22)23)6-7-17(16,3)13(15(24)25)19-18-11-5-4-9(20(26)27)8-12(11)21(28)29/h4-5,8,10,18H,6-7H2,1-3H3,(H,22,23)(H,24,25)/b19-13-. The molecule has 156 valence electrons. The first-order valence-electron chi connectivity index (χ1n) is 8.56. The molecule has 3 N–H and O–H groups in total. The van der Waals surface area contributed by atoms with Crippen molar-refractivity contribution in [1.82, 2.24) is 0 Å². The molecule has 1 saturated carbocycles. The second kappa shape index (κ2) is 7.45. The van der Waals surface area contributed by atoms with Gasteiger partial charge in [-0.3, -0.25) is 30.4 Å². The van der Waals surface area contributed by atoms with Gasteiger partial charge in [0.2, 0.25) is 0 Å². The van der Waals surface area contributed by atoms with E-state index in [4.69, 9.17) is 0 Å². The van der Waals surface area contributed by atoms with Crippen LogP contribution in [-0.2, 0) is 9.59 Å². The summed E-state index contributed by atoms with van der Waals surface area (Å²) in [5.74, 6) is -3.23. The summed E-state index contributed by atoms with van der Waals surface area (Å²) < 4.78 is 0. The average molecular weight is 408 g/mol. The average Bonchev–Trinajstić information content (AvgIpc) is 2.84. The molecule has 2 rings (SSSR count). The van der Waals surface area contributed by atoms with Crippen molar-refractivity contribution < 1.29 is 29.6 Å². The van der Waals surface area contributed by atoms with Crippen LogP contribution in [0.1, 0.15) is 33.6 Å². The summed E-state index contributed by atoms with van der Waals surface area (Å²) in [4.78, 5) is 43.9. The third-order valence-corrected chi connectivity index (χ3v) is 5.93. The Kier molecular flexibility index (Phi) is 5.58. The molecule has 0 bridgehead atoms. The number of carboxylic acids is 2. The lowest BCUT2D eigenvalue weighted by Gasteiger charge is -2.39. The zero-order valence-electron chi connectivity index (χ0n) is 15.9. The molecule has 0 aromatic heterocycles. The number of nitro groups is 2. The number of nitrogens with zero attached hydrogens (tertiary/aromatic N) is 3. The van der Waals surface area contributed by atoms with Crippen LogP contribution in [0.3, 0.4) is 0 Å². The lowest BCUT2D eigenvalue weighted by Crippen LogP contribution is -2.46. The normalized spacial score (nSPS) is 23.4. The molecule has 1 aromatic carbocycles. The van der Waals surface area contributed by atoms with Crippen LogP contribution >= 0.6 is 0 Å². The summed E-state index contributed by atoms with van der Waals surface area (Å²) >= 11 is 0. The van der Waals surface area contributed by atoms with Crippen LogP contribution in [0.25, 0.3) is 0 Å². The van der Waals surface area contributed by atoms with Crippen LogP contribution in [0.15, 0.2) is 23.3 Å². The number of rotatable bonds is 7. The van der Waals surface area contributed by atoms with Crippen molar-refractivity contribution in [2.24, 2.45) is 21.8 Å². The van der Waals surface area contributed by atoms with Gasteiger partial charge in [0.1, 0.15) is 5.69 Å². The number of nitro benzene ring substituents is 2. The first-order chi connectivity index (χ1) is 13.3. The summed E-state index contributed by atoms with van der Waals surface area (Å²) in [6, 6.07) is 2.81. The Morgan fingerprint density at radius 3 is 2.24 bits per heavy atom. The topological polar surface area (TPSA) is 185 Å². The number of benzene rings is 1. The Morgan fingerprint density at radius 2 is 1.79 bits per heavy atom. The zero-order valence-corrected chi connectivity index (χ0v) is 15.9. The summed E-state index contributed by atoms with van der Waals surface area (Å²) in [5.41, 5.74) is -1.52. The van der Waals surface area contributed by atoms with E-state index in [2.05, 4.69) is 10.5 Å². The monoisotopic (exact) mass is 408 g/mol. The maximum absolute atomic E-state index is 11.9. The molecule has 1 fully saturated rings. The number of aliphatic carboxylic acids is 2. The molecule has 0 saturated heterocycles. The number of hydrazone groups is 1. The van der Waals surface area contributed by atoms with Crippen LogP contribution < -0.4 is 5.43 Å². The predicted molar refractivity (Wildman–Crippen MR) is 101 cm³/mol. The van der Waals surface area contributed by atoms with Gasteiger partial charge in [-0.2, -0.15) is 5.10 Å². The minimum absolute atomic E-state index is 0.228. The molecule has 0 radical (unpaired) electrons. The molecule has 2 unspecified atom stereocenters. The molecule has 0 aliphatic heterocycles. The van der Waals surface area contributed by atoms with Gasteiger partial charge in [-0.15, -0.1) is 0 Å². The fourth-order valence-electron chi connectivity index (χ4n) is 3.76. The molecular formula is C17H20N4O8. The van der Waals surface area contributed by atoms with Gasteiger partial charge in [-0.1, -0.05) is 20.8 Å². The molecule has 1 aliphatic rings. The molecule has 29 heavy (non-hydrogen) atoms. The number of nitrogens with one attached hydrogen (secondary N) is 1. The van der Waals surface area contributed by atoms with E-state index in [-0.39, 0.29) is 24.2 Å². The van der Waals surface area contributed by atoms with Crippen molar-refractivity contribution in [2.75, 3.05) is 5.43 Å². The van der Waals surface area contributed by atoms with Crippen molar-refractivity contribution in [2.45, 2.75) is 33.6 Å². The first-order valence-corrected chi connectivity index (χ1v) is 8.56. The second-order valence-corrected chi connectivity index (χ2v) is 7.58. The van der Waals surface area contributed by atoms with Gasteiger partial charge in [-0.05, 0) is 24.3 Å². The summed E-state index contributed by atoms with van der Waals surface area (Å²) in [5, 5.41) is 45.0.